The van der Waals surface area contributed by atoms with Gasteiger partial charge in [0.2, 0.25) is 0 Å². The monoisotopic (exact) mass is 393 g/mol. The van der Waals surface area contributed by atoms with Crippen molar-refractivity contribution in [3.63, 3.8) is 0 Å². The van der Waals surface area contributed by atoms with Crippen molar-refractivity contribution < 1.29 is 24.2 Å². The van der Waals surface area contributed by atoms with E-state index in [-0.39, 0.29) is 27.4 Å². The highest BCUT2D eigenvalue weighted by Crippen LogP contribution is 2.36. The van der Waals surface area contributed by atoms with Crippen molar-refractivity contribution in [3.8, 4) is 11.5 Å². The molecule has 138 valence electrons. The van der Waals surface area contributed by atoms with Crippen molar-refractivity contribution in [2.75, 3.05) is 4.90 Å². The van der Waals surface area contributed by atoms with Crippen LogP contribution in [0.1, 0.15) is 31.1 Å². The molecule has 1 aliphatic rings. The number of imide groups is 1. The van der Waals surface area contributed by atoms with E-state index in [0.717, 1.165) is 4.90 Å². The van der Waals surface area contributed by atoms with Gasteiger partial charge in [0.05, 0.1) is 27.4 Å². The summed E-state index contributed by atoms with van der Waals surface area (Å²) in [5.74, 6) is -1.34. The van der Waals surface area contributed by atoms with Gasteiger partial charge in [0.1, 0.15) is 11.5 Å². The maximum absolute atomic E-state index is 12.7. The molecule has 1 heterocycles. The average Bonchev–Trinajstić information content (AvgIpc) is 2.94. The van der Waals surface area contributed by atoms with Crippen LogP contribution in [0.4, 0.5) is 5.69 Å². The number of anilines is 1. The molecular weight excluding hydrogens is 382 g/mol. The van der Waals surface area contributed by atoms with E-state index in [1.54, 1.807) is 24.3 Å². The van der Waals surface area contributed by atoms with E-state index >= 15 is 0 Å². The van der Waals surface area contributed by atoms with Crippen LogP contribution in [0.2, 0.25) is 5.02 Å². The number of nitrogens with zero attached hydrogens (tertiary/aromatic N) is 1. The van der Waals surface area contributed by atoms with Crippen LogP contribution in [0.25, 0.3) is 0 Å². The predicted octanol–water partition coefficient (Wildman–Crippen LogP) is 4.63. The number of para-hydroxylation sites is 1. The Kier molecular flexibility index (Phi) is 4.33. The smallest absolute Gasteiger partial charge is 0.335 e. The number of fused-ring (bicyclic) bond motifs is 1. The van der Waals surface area contributed by atoms with Crippen molar-refractivity contribution in [1.82, 2.24) is 0 Å². The molecule has 0 saturated heterocycles. The zero-order valence-electron chi connectivity index (χ0n) is 14.3. The summed E-state index contributed by atoms with van der Waals surface area (Å²) in [6, 6.07) is 17.4. The van der Waals surface area contributed by atoms with Crippen LogP contribution in [0.5, 0.6) is 11.5 Å². The van der Waals surface area contributed by atoms with Crippen molar-refractivity contribution in [2.45, 2.75) is 0 Å². The minimum Gasteiger partial charge on any atom is -0.478 e. The molecule has 6 nitrogen and oxygen atoms in total. The Hall–Kier alpha value is -3.64. The van der Waals surface area contributed by atoms with Gasteiger partial charge < -0.3 is 9.84 Å². The minimum absolute atomic E-state index is 0.0469. The number of rotatable bonds is 4. The molecule has 1 N–H and O–H groups in total. The van der Waals surface area contributed by atoms with Crippen molar-refractivity contribution in [2.24, 2.45) is 0 Å². The lowest BCUT2D eigenvalue weighted by Gasteiger charge is -2.15. The molecule has 2 amide bonds. The van der Waals surface area contributed by atoms with Gasteiger partial charge in [0.25, 0.3) is 11.8 Å². The Labute approximate surface area is 164 Å². The second kappa shape index (κ2) is 6.83. The van der Waals surface area contributed by atoms with Crippen molar-refractivity contribution in [1.29, 1.82) is 0 Å². The summed E-state index contributed by atoms with van der Waals surface area (Å²) in [7, 11) is 0. The summed E-state index contributed by atoms with van der Waals surface area (Å²) in [6.45, 7) is 0. The molecule has 0 radical (unpaired) electrons. The second-order valence-corrected chi connectivity index (χ2v) is 6.45. The maximum atomic E-state index is 12.7. The fourth-order valence-electron chi connectivity index (χ4n) is 2.94. The topological polar surface area (TPSA) is 83.9 Å². The quantitative estimate of drug-likeness (QED) is 0.653. The Balaban J connectivity index is 1.66. The first-order valence-corrected chi connectivity index (χ1v) is 8.62. The Morgan fingerprint density at radius 3 is 2.29 bits per heavy atom. The van der Waals surface area contributed by atoms with E-state index in [9.17, 15) is 14.4 Å². The molecule has 4 rings (SSSR count). The van der Waals surface area contributed by atoms with E-state index < -0.39 is 17.8 Å². The summed E-state index contributed by atoms with van der Waals surface area (Å²) in [6.07, 6.45) is 0. The van der Waals surface area contributed by atoms with Gasteiger partial charge in [-0.25, -0.2) is 9.69 Å². The molecule has 3 aromatic carbocycles. The lowest BCUT2D eigenvalue weighted by atomic mass is 10.1. The van der Waals surface area contributed by atoms with E-state index in [2.05, 4.69) is 0 Å². The number of aromatic carboxylic acids is 1. The largest absolute Gasteiger partial charge is 0.478 e. The fourth-order valence-corrected chi connectivity index (χ4v) is 3.15. The van der Waals surface area contributed by atoms with Gasteiger partial charge >= 0.3 is 5.97 Å². The van der Waals surface area contributed by atoms with Gasteiger partial charge in [0, 0.05) is 0 Å². The number of hydrogen-bond acceptors (Lipinski definition) is 4. The van der Waals surface area contributed by atoms with Crippen LogP contribution in [0.3, 0.4) is 0 Å². The van der Waals surface area contributed by atoms with Crippen LogP contribution < -0.4 is 9.64 Å². The molecule has 1 aliphatic heterocycles. The summed E-state index contributed by atoms with van der Waals surface area (Å²) in [5, 5.41) is 9.32. The molecule has 0 unspecified atom stereocenters. The van der Waals surface area contributed by atoms with Gasteiger partial charge in [-0.1, -0.05) is 29.8 Å². The Morgan fingerprint density at radius 2 is 1.61 bits per heavy atom. The van der Waals surface area contributed by atoms with Gasteiger partial charge in [-0.2, -0.15) is 0 Å². The fraction of sp³-hybridized carbons (Fsp3) is 0. The predicted molar refractivity (Wildman–Crippen MR) is 103 cm³/mol. The molecule has 0 saturated carbocycles. The summed E-state index contributed by atoms with van der Waals surface area (Å²) < 4.78 is 5.70. The minimum atomic E-state index is -1.17. The summed E-state index contributed by atoms with van der Waals surface area (Å²) in [5.41, 5.74) is 0.404. The van der Waals surface area contributed by atoms with Gasteiger partial charge in [0.15, 0.2) is 0 Å². The number of carboxylic acids is 1. The van der Waals surface area contributed by atoms with Crippen LogP contribution in [-0.4, -0.2) is 22.9 Å². The molecule has 0 spiro atoms. The number of hydrogen-bond donors (Lipinski definition) is 1. The number of amides is 2. The molecule has 0 bridgehead atoms. The third kappa shape index (κ3) is 3.00. The number of carboxylic acid groups (broad SMARTS) is 1. The standard InChI is InChI=1S/C21H12ClNO5/c22-17-11-13(7-9-18(17)28-14-4-2-1-3-5-14)23-19(24)15-8-6-12(21(26)27)10-16(15)20(23)25/h1-11H,(H,26,27). The number of halogens is 1. The van der Waals surface area contributed by atoms with Crippen LogP contribution in [0.15, 0.2) is 66.7 Å². The SMILES string of the molecule is O=C(O)c1ccc2c(c1)C(=O)N(c1ccc(Oc3ccccc3)c(Cl)c1)C2=O. The first-order chi connectivity index (χ1) is 13.5. The maximum Gasteiger partial charge on any atom is 0.335 e. The van der Waals surface area contributed by atoms with E-state index in [4.69, 9.17) is 21.4 Å². The first kappa shape index (κ1) is 17.8. The van der Waals surface area contributed by atoms with Crippen molar-refractivity contribution >= 4 is 35.1 Å². The zero-order chi connectivity index (χ0) is 19.8. The first-order valence-electron chi connectivity index (χ1n) is 8.24. The van der Waals surface area contributed by atoms with E-state index in [0.29, 0.717) is 11.5 Å². The summed E-state index contributed by atoms with van der Waals surface area (Å²) >= 11 is 6.28. The third-order valence-corrected chi connectivity index (χ3v) is 4.57. The molecule has 7 heteroatoms. The van der Waals surface area contributed by atoms with Gasteiger partial charge in [-0.05, 0) is 48.5 Å². The third-order valence-electron chi connectivity index (χ3n) is 4.28. The Morgan fingerprint density at radius 1 is 0.893 bits per heavy atom. The molecule has 0 aromatic heterocycles. The lowest BCUT2D eigenvalue weighted by molar-refractivity contribution is 0.0696. The number of carbonyl (C=O) groups is 3. The van der Waals surface area contributed by atoms with Gasteiger partial charge in [-0.15, -0.1) is 0 Å². The molecule has 0 aliphatic carbocycles. The van der Waals surface area contributed by atoms with E-state index in [1.807, 2.05) is 18.2 Å². The molecule has 3 aromatic rings. The zero-order valence-corrected chi connectivity index (χ0v) is 15.0. The molecule has 0 fully saturated rings. The van der Waals surface area contributed by atoms with Crippen LogP contribution >= 0.6 is 11.6 Å². The number of ether oxygens (including phenoxy) is 1. The average molecular weight is 394 g/mol. The molecule has 0 atom stereocenters. The Bertz CT molecular complexity index is 1130. The highest BCUT2D eigenvalue weighted by molar-refractivity contribution is 6.36. The van der Waals surface area contributed by atoms with Crippen LogP contribution in [-0.2, 0) is 0 Å². The normalized spacial score (nSPS) is 12.8. The molecular formula is C21H12ClNO5. The summed E-state index contributed by atoms with van der Waals surface area (Å²) in [4.78, 5) is 37.5. The highest BCUT2D eigenvalue weighted by Gasteiger charge is 2.37. The van der Waals surface area contributed by atoms with Crippen LogP contribution in [0, 0.1) is 0 Å². The number of carbonyl (C=O) groups excluding carboxylic acids is 2. The number of benzene rings is 3. The highest BCUT2D eigenvalue weighted by atomic mass is 35.5. The van der Waals surface area contributed by atoms with E-state index in [1.165, 1.54) is 24.3 Å². The lowest BCUT2D eigenvalue weighted by Crippen LogP contribution is -2.29. The van der Waals surface area contributed by atoms with Crippen molar-refractivity contribution in [3.05, 3.63) is 88.4 Å². The molecule has 28 heavy (non-hydrogen) atoms. The second-order valence-electron chi connectivity index (χ2n) is 6.04. The van der Waals surface area contributed by atoms with Gasteiger partial charge in [-0.3, -0.25) is 9.59 Å².